The van der Waals surface area contributed by atoms with E-state index in [1.165, 1.54) is 12.1 Å². The van der Waals surface area contributed by atoms with Crippen molar-refractivity contribution in [3.8, 4) is 6.07 Å². The van der Waals surface area contributed by atoms with Crippen LogP contribution in [0.1, 0.15) is 37.7 Å². The summed E-state index contributed by atoms with van der Waals surface area (Å²) in [4.78, 5) is 12.3. The van der Waals surface area contributed by atoms with Gasteiger partial charge < -0.3 is 5.32 Å². The number of anilines is 1. The summed E-state index contributed by atoms with van der Waals surface area (Å²) in [6.07, 6.45) is -1.02. The Balaban J connectivity index is 2.18. The highest BCUT2D eigenvalue weighted by molar-refractivity contribution is 5.97. The number of nitriles is 1. The Kier molecular flexibility index (Phi) is 4.21. The average Bonchev–Trinajstić information content (AvgIpc) is 2.47. The van der Waals surface area contributed by atoms with Crippen molar-refractivity contribution in [1.82, 2.24) is 0 Å². The molecule has 1 N–H and O–H groups in total. The molecule has 0 aliphatic heterocycles. The van der Waals surface area contributed by atoms with Crippen LogP contribution in [0.5, 0.6) is 0 Å². The fraction of sp³-hybridized carbons (Fsp3) is 0.467. The summed E-state index contributed by atoms with van der Waals surface area (Å²) in [5, 5.41) is 11.7. The summed E-state index contributed by atoms with van der Waals surface area (Å²) >= 11 is 0. The second kappa shape index (κ2) is 5.76. The molecule has 112 valence electrons. The van der Waals surface area contributed by atoms with Crippen molar-refractivity contribution in [3.63, 3.8) is 0 Å². The van der Waals surface area contributed by atoms with E-state index in [2.05, 4.69) is 5.32 Å². The van der Waals surface area contributed by atoms with E-state index in [0.29, 0.717) is 12.8 Å². The predicted octanol–water partition coefficient (Wildman–Crippen LogP) is 4.12. The minimum Gasteiger partial charge on any atom is -0.325 e. The normalized spacial score (nSPS) is 17.8. The lowest BCUT2D eigenvalue weighted by Crippen LogP contribution is -2.36. The van der Waals surface area contributed by atoms with Gasteiger partial charge in [0.05, 0.1) is 11.6 Å². The van der Waals surface area contributed by atoms with Crippen LogP contribution in [-0.4, -0.2) is 5.91 Å². The number of carbonyl (C=O) groups excluding carboxylic acids is 1. The zero-order valence-electron chi connectivity index (χ0n) is 11.3. The standard InChI is InChI=1S/C15H15F3N2O/c16-15(17,18)11-5-4-6-12(9-11)20-13(21)14(10-19)7-2-1-3-8-14/h4-6,9H,1-3,7-8H2,(H,20,21). The molecule has 6 heteroatoms. The van der Waals surface area contributed by atoms with Crippen molar-refractivity contribution in [1.29, 1.82) is 5.26 Å². The molecule has 0 bridgehead atoms. The fourth-order valence-electron chi connectivity index (χ4n) is 2.57. The number of hydrogen-bond donors (Lipinski definition) is 1. The molecule has 0 radical (unpaired) electrons. The van der Waals surface area contributed by atoms with E-state index in [4.69, 9.17) is 0 Å². The van der Waals surface area contributed by atoms with Gasteiger partial charge in [-0.15, -0.1) is 0 Å². The molecule has 1 aliphatic rings. The number of carbonyl (C=O) groups is 1. The van der Waals surface area contributed by atoms with E-state index in [1.54, 1.807) is 0 Å². The van der Waals surface area contributed by atoms with Gasteiger partial charge in [-0.25, -0.2) is 0 Å². The maximum Gasteiger partial charge on any atom is 0.416 e. The Hall–Kier alpha value is -2.03. The number of amides is 1. The summed E-state index contributed by atoms with van der Waals surface area (Å²) < 4.78 is 37.9. The van der Waals surface area contributed by atoms with Crippen molar-refractivity contribution in [2.45, 2.75) is 38.3 Å². The molecular formula is C15H15F3N2O. The van der Waals surface area contributed by atoms with E-state index >= 15 is 0 Å². The molecule has 1 aromatic rings. The van der Waals surface area contributed by atoms with Gasteiger partial charge in [-0.2, -0.15) is 18.4 Å². The van der Waals surface area contributed by atoms with Crippen molar-refractivity contribution >= 4 is 11.6 Å². The van der Waals surface area contributed by atoms with Gasteiger partial charge in [-0.1, -0.05) is 25.3 Å². The van der Waals surface area contributed by atoms with E-state index in [0.717, 1.165) is 31.4 Å². The maximum atomic E-state index is 12.6. The summed E-state index contributed by atoms with van der Waals surface area (Å²) in [5.41, 5.74) is -1.88. The Morgan fingerprint density at radius 1 is 1.24 bits per heavy atom. The molecule has 21 heavy (non-hydrogen) atoms. The second-order valence-corrected chi connectivity index (χ2v) is 5.29. The summed E-state index contributed by atoms with van der Waals surface area (Å²) in [6.45, 7) is 0. The van der Waals surface area contributed by atoms with Crippen LogP contribution in [0.15, 0.2) is 24.3 Å². The molecule has 1 fully saturated rings. The van der Waals surface area contributed by atoms with E-state index in [9.17, 15) is 23.2 Å². The summed E-state index contributed by atoms with van der Waals surface area (Å²) in [7, 11) is 0. The molecule has 1 aliphatic carbocycles. The van der Waals surface area contributed by atoms with Crippen LogP contribution in [0.25, 0.3) is 0 Å². The van der Waals surface area contributed by atoms with Crippen molar-refractivity contribution < 1.29 is 18.0 Å². The summed E-state index contributed by atoms with van der Waals surface area (Å²) in [5.74, 6) is -0.510. The molecular weight excluding hydrogens is 281 g/mol. The minimum atomic E-state index is -4.46. The highest BCUT2D eigenvalue weighted by atomic mass is 19.4. The largest absolute Gasteiger partial charge is 0.416 e. The van der Waals surface area contributed by atoms with E-state index in [-0.39, 0.29) is 5.69 Å². The zero-order chi connectivity index (χ0) is 15.5. The molecule has 1 aromatic carbocycles. The zero-order valence-corrected chi connectivity index (χ0v) is 11.3. The quantitative estimate of drug-likeness (QED) is 0.892. The lowest BCUT2D eigenvalue weighted by molar-refractivity contribution is -0.137. The third-order valence-electron chi connectivity index (χ3n) is 3.80. The first-order chi connectivity index (χ1) is 9.87. The smallest absolute Gasteiger partial charge is 0.325 e. The van der Waals surface area contributed by atoms with Gasteiger partial charge in [0.25, 0.3) is 0 Å². The lowest BCUT2D eigenvalue weighted by atomic mass is 9.74. The Labute approximate surface area is 120 Å². The van der Waals surface area contributed by atoms with Crippen LogP contribution in [0.2, 0.25) is 0 Å². The van der Waals surface area contributed by atoms with Crippen molar-refractivity contribution in [3.05, 3.63) is 29.8 Å². The highest BCUT2D eigenvalue weighted by Crippen LogP contribution is 2.37. The van der Waals surface area contributed by atoms with Gasteiger partial charge in [-0.05, 0) is 31.0 Å². The lowest BCUT2D eigenvalue weighted by Gasteiger charge is -2.29. The number of benzene rings is 1. The Bertz CT molecular complexity index is 569. The average molecular weight is 296 g/mol. The molecule has 0 atom stereocenters. The Morgan fingerprint density at radius 3 is 2.48 bits per heavy atom. The van der Waals surface area contributed by atoms with Crippen molar-refractivity contribution in [2.75, 3.05) is 5.32 Å². The van der Waals surface area contributed by atoms with Gasteiger partial charge in [0.1, 0.15) is 5.41 Å². The second-order valence-electron chi connectivity index (χ2n) is 5.29. The first-order valence-electron chi connectivity index (χ1n) is 6.77. The molecule has 0 unspecified atom stereocenters. The van der Waals surface area contributed by atoms with Crippen molar-refractivity contribution in [2.24, 2.45) is 5.41 Å². The van der Waals surface area contributed by atoms with Gasteiger partial charge in [0.2, 0.25) is 5.91 Å². The summed E-state index contributed by atoms with van der Waals surface area (Å²) in [6, 6.07) is 6.49. The molecule has 0 aromatic heterocycles. The monoisotopic (exact) mass is 296 g/mol. The number of rotatable bonds is 2. The molecule has 1 saturated carbocycles. The van der Waals surface area contributed by atoms with Gasteiger partial charge in [-0.3, -0.25) is 4.79 Å². The van der Waals surface area contributed by atoms with Crippen LogP contribution in [-0.2, 0) is 11.0 Å². The Morgan fingerprint density at radius 2 is 1.90 bits per heavy atom. The molecule has 0 saturated heterocycles. The van der Waals surface area contributed by atoms with Gasteiger partial charge in [0.15, 0.2) is 0 Å². The molecule has 0 heterocycles. The van der Waals surface area contributed by atoms with Gasteiger partial charge >= 0.3 is 6.18 Å². The third-order valence-corrected chi connectivity index (χ3v) is 3.80. The van der Waals surface area contributed by atoms with Gasteiger partial charge in [0, 0.05) is 5.69 Å². The molecule has 3 nitrogen and oxygen atoms in total. The topological polar surface area (TPSA) is 52.9 Å². The van der Waals surface area contributed by atoms with Crippen LogP contribution in [0.4, 0.5) is 18.9 Å². The van der Waals surface area contributed by atoms with E-state index < -0.39 is 23.1 Å². The predicted molar refractivity (Wildman–Crippen MR) is 71.2 cm³/mol. The van der Waals surface area contributed by atoms with E-state index in [1.807, 2.05) is 6.07 Å². The first-order valence-corrected chi connectivity index (χ1v) is 6.77. The number of nitrogens with zero attached hydrogens (tertiary/aromatic N) is 1. The SMILES string of the molecule is N#CC1(C(=O)Nc2cccc(C(F)(F)F)c2)CCCCC1. The number of halogens is 3. The molecule has 1 amide bonds. The van der Waals surface area contributed by atoms with Crippen LogP contribution >= 0.6 is 0 Å². The number of hydrogen-bond acceptors (Lipinski definition) is 2. The number of nitrogens with one attached hydrogen (secondary N) is 1. The maximum absolute atomic E-state index is 12.6. The highest BCUT2D eigenvalue weighted by Gasteiger charge is 2.40. The first kappa shape index (κ1) is 15.4. The number of alkyl halides is 3. The van der Waals surface area contributed by atoms with Crippen LogP contribution < -0.4 is 5.32 Å². The molecule has 0 spiro atoms. The van der Waals surface area contributed by atoms with Crippen LogP contribution in [0, 0.1) is 16.7 Å². The molecule has 2 rings (SSSR count). The van der Waals surface area contributed by atoms with Crippen LogP contribution in [0.3, 0.4) is 0 Å². The third kappa shape index (κ3) is 3.35. The fourth-order valence-corrected chi connectivity index (χ4v) is 2.57. The minimum absolute atomic E-state index is 0.0648.